The molecule has 1 rings (SSSR count). The number of sulfonamides is 1. The first-order valence-electron chi connectivity index (χ1n) is 5.13. The topological polar surface area (TPSA) is 58.2 Å². The Kier molecular flexibility index (Phi) is 5.32. The lowest BCUT2D eigenvalue weighted by atomic mass is 10.3. The van der Waals surface area contributed by atoms with E-state index in [-0.39, 0.29) is 11.6 Å². The fraction of sp³-hybridized carbons (Fsp3) is 0.400. The molecule has 2 N–H and O–H groups in total. The van der Waals surface area contributed by atoms with Crippen LogP contribution in [0.3, 0.4) is 0 Å². The normalized spacial score (nSPS) is 11.7. The van der Waals surface area contributed by atoms with Gasteiger partial charge in [0.15, 0.2) is 5.82 Å². The van der Waals surface area contributed by atoms with E-state index < -0.39 is 20.7 Å². The molecule has 0 atom stereocenters. The number of nitrogens with one attached hydrogen (secondary N) is 2. The molecule has 96 valence electrons. The van der Waals surface area contributed by atoms with Crippen molar-refractivity contribution in [3.8, 4) is 0 Å². The highest BCUT2D eigenvalue weighted by atomic mass is 35.5. The third-order valence-electron chi connectivity index (χ3n) is 2.05. The number of hydrogen-bond acceptors (Lipinski definition) is 3. The van der Waals surface area contributed by atoms with Crippen molar-refractivity contribution in [3.05, 3.63) is 29.0 Å². The van der Waals surface area contributed by atoms with Gasteiger partial charge in [0.25, 0.3) is 0 Å². The van der Waals surface area contributed by atoms with Crippen molar-refractivity contribution < 1.29 is 12.8 Å². The van der Waals surface area contributed by atoms with E-state index in [1.807, 2.05) is 6.92 Å². The van der Waals surface area contributed by atoms with Crippen LogP contribution in [0.2, 0.25) is 5.02 Å². The molecule has 7 heteroatoms. The third kappa shape index (κ3) is 3.92. The molecule has 0 fully saturated rings. The summed E-state index contributed by atoms with van der Waals surface area (Å²) >= 11 is 5.52. The monoisotopic (exact) mass is 280 g/mol. The van der Waals surface area contributed by atoms with Gasteiger partial charge in [-0.3, -0.25) is 0 Å². The van der Waals surface area contributed by atoms with Gasteiger partial charge in [-0.2, -0.15) is 0 Å². The highest BCUT2D eigenvalue weighted by molar-refractivity contribution is 7.89. The van der Waals surface area contributed by atoms with Gasteiger partial charge in [-0.1, -0.05) is 24.6 Å². The van der Waals surface area contributed by atoms with Crippen LogP contribution in [0.4, 0.5) is 4.39 Å². The first-order chi connectivity index (χ1) is 7.99. The van der Waals surface area contributed by atoms with Crippen LogP contribution >= 0.6 is 11.6 Å². The number of rotatable bonds is 6. The Labute approximate surface area is 105 Å². The highest BCUT2D eigenvalue weighted by Gasteiger charge is 2.19. The Morgan fingerprint density at radius 1 is 1.35 bits per heavy atom. The summed E-state index contributed by atoms with van der Waals surface area (Å²) in [6.07, 6.45) is 0. The summed E-state index contributed by atoms with van der Waals surface area (Å²) in [7, 11) is -3.84. The molecule has 0 spiro atoms. The first kappa shape index (κ1) is 14.4. The van der Waals surface area contributed by atoms with Gasteiger partial charge in [-0.25, -0.2) is 17.5 Å². The molecule has 0 heterocycles. The minimum absolute atomic E-state index is 0.197. The number of hydrogen-bond donors (Lipinski definition) is 2. The smallest absolute Gasteiger partial charge is 0.243 e. The van der Waals surface area contributed by atoms with E-state index in [4.69, 9.17) is 11.6 Å². The number of likely N-dealkylation sites (N-methyl/N-ethyl adjacent to an activating group) is 1. The minimum atomic E-state index is -3.84. The zero-order valence-electron chi connectivity index (χ0n) is 9.33. The van der Waals surface area contributed by atoms with Crippen LogP contribution in [0.15, 0.2) is 23.1 Å². The maximum Gasteiger partial charge on any atom is 0.243 e. The Morgan fingerprint density at radius 3 is 2.71 bits per heavy atom. The quantitative estimate of drug-likeness (QED) is 0.774. The van der Waals surface area contributed by atoms with Crippen molar-refractivity contribution >= 4 is 21.6 Å². The van der Waals surface area contributed by atoms with E-state index in [9.17, 15) is 12.8 Å². The fourth-order valence-corrected chi connectivity index (χ4v) is 2.58. The van der Waals surface area contributed by atoms with Crippen molar-refractivity contribution in [3.63, 3.8) is 0 Å². The van der Waals surface area contributed by atoms with Crippen LogP contribution in [-0.2, 0) is 10.0 Å². The third-order valence-corrected chi connectivity index (χ3v) is 3.82. The Bertz CT molecular complexity index is 479. The van der Waals surface area contributed by atoms with Crippen molar-refractivity contribution in [2.24, 2.45) is 0 Å². The molecule has 0 aliphatic heterocycles. The summed E-state index contributed by atoms with van der Waals surface area (Å²) in [5, 5.41) is 2.74. The largest absolute Gasteiger partial charge is 0.316 e. The lowest BCUT2D eigenvalue weighted by molar-refractivity contribution is 0.555. The van der Waals surface area contributed by atoms with Crippen LogP contribution in [0.1, 0.15) is 6.92 Å². The summed E-state index contributed by atoms with van der Waals surface area (Å²) in [4.78, 5) is -0.429. The second kappa shape index (κ2) is 6.30. The van der Waals surface area contributed by atoms with Crippen molar-refractivity contribution in [1.82, 2.24) is 10.0 Å². The molecule has 4 nitrogen and oxygen atoms in total. The van der Waals surface area contributed by atoms with E-state index in [2.05, 4.69) is 10.0 Å². The van der Waals surface area contributed by atoms with E-state index in [0.717, 1.165) is 6.54 Å². The zero-order chi connectivity index (χ0) is 12.9. The summed E-state index contributed by atoms with van der Waals surface area (Å²) in [5.41, 5.74) is 0. The van der Waals surface area contributed by atoms with Gasteiger partial charge in [0.1, 0.15) is 4.90 Å². The number of benzene rings is 1. The predicted molar refractivity (Wildman–Crippen MR) is 65.1 cm³/mol. The highest BCUT2D eigenvalue weighted by Crippen LogP contribution is 2.21. The molecule has 0 unspecified atom stereocenters. The molecular formula is C10H14ClFN2O2S. The van der Waals surface area contributed by atoms with Gasteiger partial charge in [0.2, 0.25) is 10.0 Å². The standard InChI is InChI=1S/C10H14ClFN2O2S/c1-2-13-6-7-14-17(15,16)9-5-3-4-8(11)10(9)12/h3-5,13-14H,2,6-7H2,1H3. The van der Waals surface area contributed by atoms with Gasteiger partial charge in [-0.05, 0) is 18.7 Å². The molecule has 1 aromatic rings. The lowest BCUT2D eigenvalue weighted by Gasteiger charge is -2.08. The van der Waals surface area contributed by atoms with Crippen LogP contribution in [0.25, 0.3) is 0 Å². The van der Waals surface area contributed by atoms with E-state index in [1.54, 1.807) is 0 Å². The van der Waals surface area contributed by atoms with E-state index in [1.165, 1.54) is 18.2 Å². The van der Waals surface area contributed by atoms with Gasteiger partial charge >= 0.3 is 0 Å². The summed E-state index contributed by atoms with van der Waals surface area (Å²) in [6, 6.07) is 3.87. The summed E-state index contributed by atoms with van der Waals surface area (Å²) in [5.74, 6) is -0.926. The Hall–Kier alpha value is -0.690. The first-order valence-corrected chi connectivity index (χ1v) is 6.99. The molecule has 0 saturated heterocycles. The fourth-order valence-electron chi connectivity index (χ4n) is 1.22. The van der Waals surface area contributed by atoms with Gasteiger partial charge in [-0.15, -0.1) is 0 Å². The van der Waals surface area contributed by atoms with Gasteiger partial charge in [0.05, 0.1) is 5.02 Å². The Balaban J connectivity index is 2.79. The molecule has 0 amide bonds. The molecule has 0 aromatic heterocycles. The molecule has 17 heavy (non-hydrogen) atoms. The van der Waals surface area contributed by atoms with Gasteiger partial charge < -0.3 is 5.32 Å². The van der Waals surface area contributed by atoms with E-state index in [0.29, 0.717) is 6.54 Å². The summed E-state index contributed by atoms with van der Waals surface area (Å²) in [6.45, 7) is 3.33. The molecule has 0 saturated carbocycles. The Morgan fingerprint density at radius 2 is 2.06 bits per heavy atom. The van der Waals surface area contributed by atoms with Crippen molar-refractivity contribution in [2.75, 3.05) is 19.6 Å². The lowest BCUT2D eigenvalue weighted by Crippen LogP contribution is -2.32. The predicted octanol–water partition coefficient (Wildman–Crippen LogP) is 1.37. The number of halogens is 2. The average Bonchev–Trinajstić information content (AvgIpc) is 2.28. The molecule has 1 aromatic carbocycles. The molecule has 0 radical (unpaired) electrons. The van der Waals surface area contributed by atoms with Crippen LogP contribution in [-0.4, -0.2) is 28.1 Å². The van der Waals surface area contributed by atoms with E-state index >= 15 is 0 Å². The summed E-state index contributed by atoms with van der Waals surface area (Å²) < 4.78 is 39.3. The molecular weight excluding hydrogens is 267 g/mol. The maximum atomic E-state index is 13.5. The maximum absolute atomic E-state index is 13.5. The molecule has 0 bridgehead atoms. The van der Waals surface area contributed by atoms with Crippen LogP contribution in [0, 0.1) is 5.82 Å². The van der Waals surface area contributed by atoms with Crippen LogP contribution < -0.4 is 10.0 Å². The zero-order valence-corrected chi connectivity index (χ0v) is 10.9. The molecule has 0 aliphatic rings. The average molecular weight is 281 g/mol. The second-order valence-corrected chi connectivity index (χ2v) is 5.45. The van der Waals surface area contributed by atoms with Crippen molar-refractivity contribution in [1.29, 1.82) is 0 Å². The van der Waals surface area contributed by atoms with Gasteiger partial charge in [0, 0.05) is 13.1 Å². The minimum Gasteiger partial charge on any atom is -0.316 e. The van der Waals surface area contributed by atoms with Crippen LogP contribution in [0.5, 0.6) is 0 Å². The van der Waals surface area contributed by atoms with Crippen molar-refractivity contribution in [2.45, 2.75) is 11.8 Å². The molecule has 0 aliphatic carbocycles. The SMILES string of the molecule is CCNCCNS(=O)(=O)c1cccc(Cl)c1F. The second-order valence-electron chi connectivity index (χ2n) is 3.30.